The fourth-order valence-corrected chi connectivity index (χ4v) is 3.40. The summed E-state index contributed by atoms with van der Waals surface area (Å²) in [4.78, 5) is 12.7. The third-order valence-corrected chi connectivity index (χ3v) is 4.74. The first-order valence-corrected chi connectivity index (χ1v) is 8.40. The molecule has 23 heavy (non-hydrogen) atoms. The van der Waals surface area contributed by atoms with Gasteiger partial charge in [0.1, 0.15) is 0 Å². The van der Waals surface area contributed by atoms with Crippen molar-refractivity contribution in [2.45, 2.75) is 65.5 Å². The molecule has 0 bridgehead atoms. The van der Waals surface area contributed by atoms with E-state index >= 15 is 0 Å². The Kier molecular flexibility index (Phi) is 7.09. The predicted octanol–water partition coefficient (Wildman–Crippen LogP) is 4.14. The number of aryl methyl sites for hydroxylation is 1. The highest BCUT2D eigenvalue weighted by Crippen LogP contribution is 2.35. The molecule has 3 atom stereocenters. The van der Waals surface area contributed by atoms with Crippen LogP contribution in [0, 0.1) is 18.3 Å². The number of nitrogens with two attached hydrogens (primary N) is 1. The maximum atomic E-state index is 12.7. The summed E-state index contributed by atoms with van der Waals surface area (Å²) in [5.74, 6) is 0.232. The number of carbonyl (C=O) groups is 1. The van der Waals surface area contributed by atoms with Crippen LogP contribution in [0.3, 0.4) is 0 Å². The van der Waals surface area contributed by atoms with Crippen molar-refractivity contribution in [2.75, 3.05) is 0 Å². The topological polar surface area (TPSA) is 55.1 Å². The van der Waals surface area contributed by atoms with Crippen molar-refractivity contribution in [3.05, 3.63) is 35.4 Å². The van der Waals surface area contributed by atoms with Crippen molar-refractivity contribution in [1.82, 2.24) is 5.32 Å². The second-order valence-electron chi connectivity index (χ2n) is 7.79. The van der Waals surface area contributed by atoms with E-state index in [-0.39, 0.29) is 41.7 Å². The molecule has 130 valence electrons. The minimum atomic E-state index is -0.0292. The zero-order valence-corrected chi connectivity index (χ0v) is 15.6. The standard InChI is InChI=1S/C19H30N2O.ClH/c1-13-8-5-6-11-16(13)17(19(2,3)4)21-18(22)14-9-7-10-15(20)12-14;/h5-6,8,11,14-15,17H,7,9-10,12,20H2,1-4H3,(H,21,22);1H. The number of carbonyl (C=O) groups excluding carboxylic acids is 1. The van der Waals surface area contributed by atoms with Gasteiger partial charge in [0.2, 0.25) is 5.91 Å². The lowest BCUT2D eigenvalue weighted by Crippen LogP contribution is -2.43. The van der Waals surface area contributed by atoms with Crippen LogP contribution >= 0.6 is 12.4 Å². The number of hydrogen-bond acceptors (Lipinski definition) is 2. The Hall–Kier alpha value is -1.06. The van der Waals surface area contributed by atoms with Gasteiger partial charge in [-0.2, -0.15) is 0 Å². The van der Waals surface area contributed by atoms with E-state index in [2.05, 4.69) is 45.1 Å². The number of benzene rings is 1. The summed E-state index contributed by atoms with van der Waals surface area (Å²) in [5, 5.41) is 3.31. The number of amides is 1. The molecule has 1 fully saturated rings. The minimum absolute atomic E-state index is 0. The average molecular weight is 339 g/mol. The molecule has 0 aromatic heterocycles. The van der Waals surface area contributed by atoms with Crippen LogP contribution in [0.4, 0.5) is 0 Å². The third-order valence-electron chi connectivity index (χ3n) is 4.74. The van der Waals surface area contributed by atoms with Gasteiger partial charge in [-0.1, -0.05) is 51.5 Å². The van der Waals surface area contributed by atoms with Crippen LogP contribution in [0.15, 0.2) is 24.3 Å². The van der Waals surface area contributed by atoms with E-state index < -0.39 is 0 Å². The first kappa shape index (κ1) is 20.0. The molecular formula is C19H31ClN2O. The molecular weight excluding hydrogens is 308 g/mol. The zero-order valence-electron chi connectivity index (χ0n) is 14.8. The Balaban J connectivity index is 0.00000264. The lowest BCUT2D eigenvalue weighted by Gasteiger charge is -2.35. The quantitative estimate of drug-likeness (QED) is 0.870. The SMILES string of the molecule is Cc1ccccc1C(NC(=O)C1CCCC(N)C1)C(C)(C)C.Cl. The van der Waals surface area contributed by atoms with Crippen molar-refractivity contribution in [3.8, 4) is 0 Å². The normalized spacial score (nSPS) is 22.8. The molecule has 3 unspecified atom stereocenters. The minimum Gasteiger partial charge on any atom is -0.349 e. The van der Waals surface area contributed by atoms with Crippen molar-refractivity contribution in [3.63, 3.8) is 0 Å². The molecule has 2 rings (SSSR count). The Labute approximate surface area is 146 Å². The Morgan fingerprint density at radius 1 is 1.26 bits per heavy atom. The van der Waals surface area contributed by atoms with Crippen molar-refractivity contribution in [1.29, 1.82) is 0 Å². The lowest BCUT2D eigenvalue weighted by molar-refractivity contribution is -0.127. The number of hydrogen-bond donors (Lipinski definition) is 2. The number of halogens is 1. The summed E-state index contributed by atoms with van der Waals surface area (Å²) in [7, 11) is 0. The highest BCUT2D eigenvalue weighted by atomic mass is 35.5. The first-order valence-electron chi connectivity index (χ1n) is 8.40. The van der Waals surface area contributed by atoms with Crippen molar-refractivity contribution >= 4 is 18.3 Å². The van der Waals surface area contributed by atoms with Crippen LogP contribution in [0.1, 0.15) is 63.6 Å². The smallest absolute Gasteiger partial charge is 0.223 e. The summed E-state index contributed by atoms with van der Waals surface area (Å²) >= 11 is 0. The van der Waals surface area contributed by atoms with Crippen LogP contribution in [0.25, 0.3) is 0 Å². The van der Waals surface area contributed by atoms with Gasteiger partial charge in [0, 0.05) is 12.0 Å². The van der Waals surface area contributed by atoms with E-state index in [1.807, 2.05) is 12.1 Å². The molecule has 1 aromatic rings. The molecule has 1 amide bonds. The molecule has 1 aromatic carbocycles. The molecule has 4 heteroatoms. The van der Waals surface area contributed by atoms with Gasteiger partial charge in [-0.05, 0) is 42.7 Å². The average Bonchev–Trinajstić information content (AvgIpc) is 2.44. The summed E-state index contributed by atoms with van der Waals surface area (Å²) in [6, 6.07) is 8.52. The molecule has 3 N–H and O–H groups in total. The summed E-state index contributed by atoms with van der Waals surface area (Å²) in [5.41, 5.74) is 8.44. The van der Waals surface area contributed by atoms with E-state index in [1.54, 1.807) is 0 Å². The summed E-state index contributed by atoms with van der Waals surface area (Å²) in [6.45, 7) is 8.64. The molecule has 0 radical (unpaired) electrons. The molecule has 1 aliphatic carbocycles. The van der Waals surface area contributed by atoms with Crippen LogP contribution in [0.5, 0.6) is 0 Å². The Bertz CT molecular complexity index is 524. The monoisotopic (exact) mass is 338 g/mol. The fourth-order valence-electron chi connectivity index (χ4n) is 3.40. The predicted molar refractivity (Wildman–Crippen MR) is 98.7 cm³/mol. The second kappa shape index (κ2) is 8.16. The van der Waals surface area contributed by atoms with Gasteiger partial charge in [-0.25, -0.2) is 0 Å². The second-order valence-corrected chi connectivity index (χ2v) is 7.79. The molecule has 1 aliphatic rings. The summed E-state index contributed by atoms with van der Waals surface area (Å²) in [6.07, 6.45) is 3.88. The largest absolute Gasteiger partial charge is 0.349 e. The molecule has 0 spiro atoms. The van der Waals surface area contributed by atoms with E-state index in [0.717, 1.165) is 25.7 Å². The van der Waals surface area contributed by atoms with Gasteiger partial charge in [0.05, 0.1) is 6.04 Å². The molecule has 0 heterocycles. The maximum absolute atomic E-state index is 12.7. The first-order chi connectivity index (χ1) is 10.3. The number of nitrogens with one attached hydrogen (secondary N) is 1. The van der Waals surface area contributed by atoms with Crippen LogP contribution in [0.2, 0.25) is 0 Å². The van der Waals surface area contributed by atoms with Gasteiger partial charge in [0.15, 0.2) is 0 Å². The lowest BCUT2D eigenvalue weighted by atomic mass is 9.79. The summed E-state index contributed by atoms with van der Waals surface area (Å²) < 4.78 is 0. The van der Waals surface area contributed by atoms with Crippen LogP contribution < -0.4 is 11.1 Å². The highest BCUT2D eigenvalue weighted by molar-refractivity contribution is 5.85. The van der Waals surface area contributed by atoms with Gasteiger partial charge in [0.25, 0.3) is 0 Å². The van der Waals surface area contributed by atoms with Gasteiger partial charge in [-0.3, -0.25) is 4.79 Å². The highest BCUT2D eigenvalue weighted by Gasteiger charge is 2.32. The Morgan fingerprint density at radius 3 is 2.48 bits per heavy atom. The van der Waals surface area contributed by atoms with E-state index in [9.17, 15) is 4.79 Å². The van der Waals surface area contributed by atoms with Gasteiger partial charge in [-0.15, -0.1) is 12.4 Å². The fraction of sp³-hybridized carbons (Fsp3) is 0.632. The third kappa shape index (κ3) is 5.22. The Morgan fingerprint density at radius 2 is 1.91 bits per heavy atom. The molecule has 1 saturated carbocycles. The van der Waals surface area contributed by atoms with Crippen LogP contribution in [-0.2, 0) is 4.79 Å². The molecule has 3 nitrogen and oxygen atoms in total. The van der Waals surface area contributed by atoms with E-state index in [0.29, 0.717) is 0 Å². The van der Waals surface area contributed by atoms with E-state index in [4.69, 9.17) is 5.73 Å². The van der Waals surface area contributed by atoms with Crippen LogP contribution in [-0.4, -0.2) is 11.9 Å². The van der Waals surface area contributed by atoms with Gasteiger partial charge < -0.3 is 11.1 Å². The number of rotatable bonds is 3. The molecule has 0 aliphatic heterocycles. The van der Waals surface area contributed by atoms with Crippen molar-refractivity contribution in [2.24, 2.45) is 17.1 Å². The van der Waals surface area contributed by atoms with Gasteiger partial charge >= 0.3 is 0 Å². The van der Waals surface area contributed by atoms with Crippen molar-refractivity contribution < 1.29 is 4.79 Å². The zero-order chi connectivity index (χ0) is 16.3. The molecule has 0 saturated heterocycles. The maximum Gasteiger partial charge on any atom is 0.223 e. The van der Waals surface area contributed by atoms with E-state index in [1.165, 1.54) is 11.1 Å².